The number of nitrogens with one attached hydrogen (secondary N) is 1. The number of aliphatic imine (C=N–C) groups is 1. The maximum atomic E-state index is 13.7. The largest absolute Gasteiger partial charge is 0.459 e. The van der Waals surface area contributed by atoms with Gasteiger partial charge in [0.25, 0.3) is 0 Å². The van der Waals surface area contributed by atoms with E-state index in [2.05, 4.69) is 25.6 Å². The van der Waals surface area contributed by atoms with E-state index < -0.39 is 15.8 Å². The number of rotatable bonds is 6. The van der Waals surface area contributed by atoms with Gasteiger partial charge in [0.2, 0.25) is 10.0 Å². The lowest BCUT2D eigenvalue weighted by atomic mass is 10.3. The van der Waals surface area contributed by atoms with Crippen molar-refractivity contribution in [3.63, 3.8) is 0 Å². The SMILES string of the molecule is O=S(=O)(NCc1ccc(C=Nc2ccc(Br)cc2F)o1)c1ccc(Cl)cc1. The zero-order valence-electron chi connectivity index (χ0n) is 13.7. The maximum absolute atomic E-state index is 13.7. The summed E-state index contributed by atoms with van der Waals surface area (Å²) < 4.78 is 46.7. The molecule has 0 aliphatic rings. The van der Waals surface area contributed by atoms with E-state index >= 15 is 0 Å². The Morgan fingerprint density at radius 2 is 1.89 bits per heavy atom. The summed E-state index contributed by atoms with van der Waals surface area (Å²) in [5.41, 5.74) is 0.166. The minimum absolute atomic E-state index is 0.0363. The Kier molecular flexibility index (Phi) is 6.11. The Morgan fingerprint density at radius 1 is 1.15 bits per heavy atom. The average molecular weight is 472 g/mol. The van der Waals surface area contributed by atoms with Crippen LogP contribution >= 0.6 is 27.5 Å². The number of benzene rings is 2. The Hall–Kier alpha value is -2.00. The van der Waals surface area contributed by atoms with Crippen LogP contribution in [0.25, 0.3) is 0 Å². The number of furan rings is 1. The van der Waals surface area contributed by atoms with Crippen molar-refractivity contribution in [1.82, 2.24) is 4.72 Å². The van der Waals surface area contributed by atoms with Crippen LogP contribution in [0.3, 0.4) is 0 Å². The highest BCUT2D eigenvalue weighted by molar-refractivity contribution is 9.10. The second kappa shape index (κ2) is 8.35. The Morgan fingerprint density at radius 3 is 2.59 bits per heavy atom. The van der Waals surface area contributed by atoms with Crippen molar-refractivity contribution in [2.24, 2.45) is 4.99 Å². The second-order valence-electron chi connectivity index (χ2n) is 5.44. The predicted molar refractivity (Wildman–Crippen MR) is 106 cm³/mol. The molecule has 0 saturated heterocycles. The highest BCUT2D eigenvalue weighted by Gasteiger charge is 2.14. The molecule has 1 heterocycles. The van der Waals surface area contributed by atoms with Gasteiger partial charge in [-0.15, -0.1) is 0 Å². The minimum Gasteiger partial charge on any atom is -0.459 e. The summed E-state index contributed by atoms with van der Waals surface area (Å²) in [6.45, 7) is -0.0363. The van der Waals surface area contributed by atoms with Crippen LogP contribution in [-0.4, -0.2) is 14.6 Å². The van der Waals surface area contributed by atoms with Crippen LogP contribution in [0.1, 0.15) is 11.5 Å². The van der Waals surface area contributed by atoms with E-state index in [9.17, 15) is 12.8 Å². The third kappa shape index (κ3) is 5.26. The first-order valence-corrected chi connectivity index (χ1v) is 10.3. The molecule has 1 N–H and O–H groups in total. The van der Waals surface area contributed by atoms with Gasteiger partial charge in [-0.25, -0.2) is 22.5 Å². The molecule has 0 amide bonds. The molecule has 0 bridgehead atoms. The van der Waals surface area contributed by atoms with Crippen molar-refractivity contribution >= 4 is 49.5 Å². The molecule has 0 atom stereocenters. The van der Waals surface area contributed by atoms with Crippen molar-refractivity contribution in [2.45, 2.75) is 11.4 Å². The number of halogens is 3. The monoisotopic (exact) mass is 470 g/mol. The van der Waals surface area contributed by atoms with Crippen LogP contribution in [0.2, 0.25) is 5.02 Å². The predicted octanol–water partition coefficient (Wildman–Crippen LogP) is 5.06. The molecule has 9 heteroatoms. The fourth-order valence-electron chi connectivity index (χ4n) is 2.14. The second-order valence-corrected chi connectivity index (χ2v) is 8.56. The van der Waals surface area contributed by atoms with E-state index in [0.717, 1.165) is 0 Å². The summed E-state index contributed by atoms with van der Waals surface area (Å²) in [5, 5.41) is 0.450. The molecule has 0 radical (unpaired) electrons. The summed E-state index contributed by atoms with van der Waals surface area (Å²) in [6, 6.07) is 13.6. The van der Waals surface area contributed by atoms with Gasteiger partial charge in [-0.3, -0.25) is 0 Å². The third-order valence-corrected chi connectivity index (χ3v) is 5.65. The average Bonchev–Trinajstić information content (AvgIpc) is 3.08. The van der Waals surface area contributed by atoms with Gasteiger partial charge in [-0.1, -0.05) is 27.5 Å². The lowest BCUT2D eigenvalue weighted by molar-refractivity contribution is 0.494. The minimum atomic E-state index is -3.69. The van der Waals surface area contributed by atoms with Crippen molar-refractivity contribution in [3.8, 4) is 0 Å². The van der Waals surface area contributed by atoms with Gasteiger partial charge >= 0.3 is 0 Å². The Balaban J connectivity index is 1.65. The van der Waals surface area contributed by atoms with Gasteiger partial charge in [0.15, 0.2) is 0 Å². The topological polar surface area (TPSA) is 71.7 Å². The van der Waals surface area contributed by atoms with Gasteiger partial charge in [0, 0.05) is 9.50 Å². The number of sulfonamides is 1. The normalized spacial score (nSPS) is 12.0. The molecule has 3 rings (SSSR count). The molecule has 0 fully saturated rings. The highest BCUT2D eigenvalue weighted by atomic mass is 79.9. The van der Waals surface area contributed by atoms with Crippen LogP contribution in [0.15, 0.2) is 73.4 Å². The number of nitrogens with zero attached hydrogens (tertiary/aromatic N) is 1. The van der Waals surface area contributed by atoms with Crippen molar-refractivity contribution in [3.05, 3.63) is 81.4 Å². The lowest BCUT2D eigenvalue weighted by Gasteiger charge is -2.05. The molecular formula is C18H13BrClFN2O3S. The molecule has 0 aliphatic heterocycles. The van der Waals surface area contributed by atoms with E-state index in [1.807, 2.05) is 0 Å². The molecule has 3 aromatic rings. The van der Waals surface area contributed by atoms with Crippen LogP contribution in [-0.2, 0) is 16.6 Å². The number of hydrogen-bond acceptors (Lipinski definition) is 4. The van der Waals surface area contributed by atoms with E-state index in [-0.39, 0.29) is 17.1 Å². The summed E-state index contributed by atoms with van der Waals surface area (Å²) in [7, 11) is -3.69. The maximum Gasteiger partial charge on any atom is 0.240 e. The lowest BCUT2D eigenvalue weighted by Crippen LogP contribution is -2.22. The van der Waals surface area contributed by atoms with Gasteiger partial charge in [0.05, 0.1) is 23.3 Å². The zero-order chi connectivity index (χ0) is 19.4. The van der Waals surface area contributed by atoms with Crippen LogP contribution in [0, 0.1) is 5.82 Å². The standard InChI is InChI=1S/C18H13BrClFN2O3S/c19-12-1-8-18(17(21)9-12)22-10-14-4-5-15(26-14)11-23-27(24,25)16-6-2-13(20)3-7-16/h1-10,23H,11H2. The summed E-state index contributed by atoms with van der Waals surface area (Å²) in [6.07, 6.45) is 1.36. The van der Waals surface area contributed by atoms with E-state index in [0.29, 0.717) is 21.0 Å². The van der Waals surface area contributed by atoms with Crippen LogP contribution < -0.4 is 4.72 Å². The third-order valence-electron chi connectivity index (χ3n) is 3.48. The molecule has 1 aromatic heterocycles. The Labute approximate surface area is 169 Å². The van der Waals surface area contributed by atoms with Gasteiger partial charge in [0.1, 0.15) is 17.3 Å². The molecular weight excluding hydrogens is 459 g/mol. The summed E-state index contributed by atoms with van der Waals surface area (Å²) in [4.78, 5) is 4.13. The quantitative estimate of drug-likeness (QED) is 0.511. The molecule has 2 aromatic carbocycles. The Bertz CT molecular complexity index is 1080. The van der Waals surface area contributed by atoms with Crippen molar-refractivity contribution < 1.29 is 17.2 Å². The van der Waals surface area contributed by atoms with Gasteiger partial charge in [-0.2, -0.15) is 0 Å². The fourth-order valence-corrected chi connectivity index (χ4v) is 3.59. The molecule has 0 unspecified atom stereocenters. The van der Waals surface area contributed by atoms with Gasteiger partial charge in [-0.05, 0) is 54.6 Å². The first kappa shape index (κ1) is 19.8. The molecule has 5 nitrogen and oxygen atoms in total. The van der Waals surface area contributed by atoms with Crippen molar-refractivity contribution in [1.29, 1.82) is 0 Å². The summed E-state index contributed by atoms with van der Waals surface area (Å²) >= 11 is 8.94. The van der Waals surface area contributed by atoms with Crippen LogP contribution in [0.4, 0.5) is 10.1 Å². The smallest absolute Gasteiger partial charge is 0.240 e. The highest BCUT2D eigenvalue weighted by Crippen LogP contribution is 2.22. The van der Waals surface area contributed by atoms with Crippen molar-refractivity contribution in [2.75, 3.05) is 0 Å². The molecule has 27 heavy (non-hydrogen) atoms. The van der Waals surface area contributed by atoms with E-state index in [4.69, 9.17) is 16.0 Å². The van der Waals surface area contributed by atoms with Crippen LogP contribution in [0.5, 0.6) is 0 Å². The zero-order valence-corrected chi connectivity index (χ0v) is 16.9. The number of hydrogen-bond donors (Lipinski definition) is 1. The first-order chi connectivity index (χ1) is 12.8. The molecule has 0 saturated carbocycles. The molecule has 0 aliphatic carbocycles. The van der Waals surface area contributed by atoms with E-state index in [1.54, 1.807) is 18.2 Å². The fraction of sp³-hybridized carbons (Fsp3) is 0.0556. The first-order valence-electron chi connectivity index (χ1n) is 7.66. The summed E-state index contributed by atoms with van der Waals surface area (Å²) in [5.74, 6) is 0.298. The van der Waals surface area contributed by atoms with E-state index in [1.165, 1.54) is 42.6 Å². The molecule has 140 valence electrons. The molecule has 0 spiro atoms. The van der Waals surface area contributed by atoms with Gasteiger partial charge < -0.3 is 4.42 Å².